The molecule has 2 unspecified atom stereocenters. The van der Waals surface area contributed by atoms with Crippen LogP contribution in [0.25, 0.3) is 0 Å². The van der Waals surface area contributed by atoms with Gasteiger partial charge in [0.2, 0.25) is 0 Å². The molecule has 1 aliphatic rings. The second-order valence-corrected chi connectivity index (χ2v) is 6.51. The van der Waals surface area contributed by atoms with Gasteiger partial charge in [0.25, 0.3) is 10.2 Å². The Balaban J connectivity index is 2.85. The Morgan fingerprint density at radius 3 is 2.53 bits per heavy atom. The predicted octanol–water partition coefficient (Wildman–Crippen LogP) is -0.148. The first-order chi connectivity index (χ1) is 6.89. The molecule has 0 bridgehead atoms. The molecule has 6 heteroatoms. The minimum atomic E-state index is -3.30. The van der Waals surface area contributed by atoms with Crippen molar-refractivity contribution in [2.45, 2.75) is 25.8 Å². The van der Waals surface area contributed by atoms with Crippen molar-refractivity contribution < 1.29 is 8.42 Å². The van der Waals surface area contributed by atoms with Crippen LogP contribution in [0.4, 0.5) is 0 Å². The van der Waals surface area contributed by atoms with Crippen LogP contribution in [-0.2, 0) is 10.2 Å². The fraction of sp³-hybridized carbons (Fsp3) is 1.00. The molecule has 0 aromatic heterocycles. The molecule has 0 saturated carbocycles. The van der Waals surface area contributed by atoms with Gasteiger partial charge >= 0.3 is 0 Å². The van der Waals surface area contributed by atoms with Crippen LogP contribution in [0, 0.1) is 5.92 Å². The molecular formula is C9H21N3O2S. The summed E-state index contributed by atoms with van der Waals surface area (Å²) in [5.74, 6) is 0.562. The first kappa shape index (κ1) is 12.9. The second kappa shape index (κ2) is 4.78. The van der Waals surface area contributed by atoms with Crippen molar-refractivity contribution in [3.8, 4) is 0 Å². The Labute approximate surface area is 92.4 Å². The van der Waals surface area contributed by atoms with Crippen molar-refractivity contribution >= 4 is 10.2 Å². The average Bonchev–Trinajstić information content (AvgIpc) is 2.16. The van der Waals surface area contributed by atoms with Crippen molar-refractivity contribution in [1.82, 2.24) is 8.61 Å². The molecule has 2 atom stereocenters. The standard InChI is InChI=1S/C9H21N3O2S/c1-8-4-5-12(9(6-8)7-10)15(13,14)11(2)3/h8-9H,4-7,10H2,1-3H3. The Morgan fingerprint density at radius 2 is 2.07 bits per heavy atom. The summed E-state index contributed by atoms with van der Waals surface area (Å²) >= 11 is 0. The van der Waals surface area contributed by atoms with Crippen LogP contribution in [0.15, 0.2) is 0 Å². The Morgan fingerprint density at radius 1 is 1.47 bits per heavy atom. The number of rotatable bonds is 3. The molecule has 5 nitrogen and oxygen atoms in total. The molecule has 0 spiro atoms. The summed E-state index contributed by atoms with van der Waals surface area (Å²) in [7, 11) is -0.185. The highest BCUT2D eigenvalue weighted by Gasteiger charge is 2.34. The Bertz CT molecular complexity index is 302. The van der Waals surface area contributed by atoms with Crippen LogP contribution < -0.4 is 5.73 Å². The molecule has 1 fully saturated rings. The van der Waals surface area contributed by atoms with Gasteiger partial charge in [-0.15, -0.1) is 0 Å². The lowest BCUT2D eigenvalue weighted by Gasteiger charge is -2.38. The first-order valence-electron chi connectivity index (χ1n) is 5.29. The third-order valence-corrected chi connectivity index (χ3v) is 4.95. The Kier molecular flexibility index (Phi) is 4.11. The fourth-order valence-electron chi connectivity index (χ4n) is 1.96. The van der Waals surface area contributed by atoms with Crippen LogP contribution in [0.2, 0.25) is 0 Å². The van der Waals surface area contributed by atoms with Gasteiger partial charge < -0.3 is 5.73 Å². The number of nitrogens with two attached hydrogens (primary N) is 1. The molecule has 2 N–H and O–H groups in total. The number of hydrogen-bond acceptors (Lipinski definition) is 3. The summed E-state index contributed by atoms with van der Waals surface area (Å²) in [6.45, 7) is 3.13. The highest BCUT2D eigenvalue weighted by Crippen LogP contribution is 2.24. The van der Waals surface area contributed by atoms with Gasteiger partial charge in [0.1, 0.15) is 0 Å². The summed E-state index contributed by atoms with van der Waals surface area (Å²) in [6, 6.07) is -0.0406. The van der Waals surface area contributed by atoms with E-state index in [1.165, 1.54) is 8.61 Å². The van der Waals surface area contributed by atoms with E-state index < -0.39 is 10.2 Å². The lowest BCUT2D eigenvalue weighted by atomic mass is 9.94. The molecule has 0 amide bonds. The van der Waals surface area contributed by atoms with E-state index in [1.54, 1.807) is 14.1 Å². The van der Waals surface area contributed by atoms with E-state index in [4.69, 9.17) is 5.73 Å². The van der Waals surface area contributed by atoms with Crippen LogP contribution in [0.1, 0.15) is 19.8 Å². The van der Waals surface area contributed by atoms with Crippen LogP contribution in [0.5, 0.6) is 0 Å². The minimum Gasteiger partial charge on any atom is -0.329 e. The lowest BCUT2D eigenvalue weighted by Crippen LogP contribution is -2.52. The maximum Gasteiger partial charge on any atom is 0.281 e. The van der Waals surface area contributed by atoms with E-state index in [0.717, 1.165) is 12.8 Å². The molecule has 0 radical (unpaired) electrons. The zero-order valence-corrected chi connectivity index (χ0v) is 10.5. The van der Waals surface area contributed by atoms with E-state index in [1.807, 2.05) is 0 Å². The largest absolute Gasteiger partial charge is 0.329 e. The molecule has 1 aliphatic heterocycles. The molecule has 0 aromatic carbocycles. The monoisotopic (exact) mass is 235 g/mol. The molecule has 90 valence electrons. The highest BCUT2D eigenvalue weighted by atomic mass is 32.2. The summed E-state index contributed by atoms with van der Waals surface area (Å²) < 4.78 is 26.7. The van der Waals surface area contributed by atoms with Crippen LogP contribution in [0.3, 0.4) is 0 Å². The zero-order chi connectivity index (χ0) is 11.6. The van der Waals surface area contributed by atoms with E-state index in [0.29, 0.717) is 19.0 Å². The molecule has 0 aromatic rings. The van der Waals surface area contributed by atoms with Gasteiger partial charge in [0.15, 0.2) is 0 Å². The number of nitrogens with zero attached hydrogens (tertiary/aromatic N) is 2. The van der Waals surface area contributed by atoms with Crippen molar-refractivity contribution in [3.63, 3.8) is 0 Å². The van der Waals surface area contributed by atoms with Crippen LogP contribution >= 0.6 is 0 Å². The van der Waals surface area contributed by atoms with Gasteiger partial charge in [0.05, 0.1) is 0 Å². The first-order valence-corrected chi connectivity index (χ1v) is 6.68. The maximum atomic E-state index is 12.0. The summed E-state index contributed by atoms with van der Waals surface area (Å²) in [4.78, 5) is 0. The number of hydrogen-bond donors (Lipinski definition) is 1. The quantitative estimate of drug-likeness (QED) is 0.740. The molecule has 1 saturated heterocycles. The second-order valence-electron chi connectivity index (χ2n) is 4.42. The van der Waals surface area contributed by atoms with Gasteiger partial charge in [-0.1, -0.05) is 6.92 Å². The Hall–Kier alpha value is -0.170. The van der Waals surface area contributed by atoms with E-state index in [-0.39, 0.29) is 6.04 Å². The predicted molar refractivity (Wildman–Crippen MR) is 60.6 cm³/mol. The average molecular weight is 235 g/mol. The van der Waals surface area contributed by atoms with Crippen molar-refractivity contribution in [2.75, 3.05) is 27.2 Å². The molecule has 0 aliphatic carbocycles. The van der Waals surface area contributed by atoms with Crippen molar-refractivity contribution in [1.29, 1.82) is 0 Å². The van der Waals surface area contributed by atoms with E-state index in [9.17, 15) is 8.42 Å². The molecule has 1 rings (SSSR count). The molecule has 1 heterocycles. The smallest absolute Gasteiger partial charge is 0.281 e. The van der Waals surface area contributed by atoms with E-state index in [2.05, 4.69) is 6.92 Å². The van der Waals surface area contributed by atoms with Gasteiger partial charge in [0, 0.05) is 33.2 Å². The van der Waals surface area contributed by atoms with Crippen molar-refractivity contribution in [2.24, 2.45) is 11.7 Å². The lowest BCUT2D eigenvalue weighted by molar-refractivity contribution is 0.202. The topological polar surface area (TPSA) is 66.6 Å². The van der Waals surface area contributed by atoms with Gasteiger partial charge in [-0.05, 0) is 18.8 Å². The third-order valence-electron chi connectivity index (χ3n) is 2.95. The van der Waals surface area contributed by atoms with E-state index >= 15 is 0 Å². The van der Waals surface area contributed by atoms with Gasteiger partial charge in [-0.2, -0.15) is 17.0 Å². The minimum absolute atomic E-state index is 0.0406. The highest BCUT2D eigenvalue weighted by molar-refractivity contribution is 7.86. The van der Waals surface area contributed by atoms with Gasteiger partial charge in [-0.25, -0.2) is 0 Å². The maximum absolute atomic E-state index is 12.0. The normalized spacial score (nSPS) is 29.7. The SMILES string of the molecule is CC1CCN(S(=O)(=O)N(C)C)C(CN)C1. The summed E-state index contributed by atoms with van der Waals surface area (Å²) in [5.41, 5.74) is 5.63. The summed E-state index contributed by atoms with van der Waals surface area (Å²) in [5, 5.41) is 0. The van der Waals surface area contributed by atoms with Crippen molar-refractivity contribution in [3.05, 3.63) is 0 Å². The van der Waals surface area contributed by atoms with Crippen LogP contribution in [-0.4, -0.2) is 50.3 Å². The summed E-state index contributed by atoms with van der Waals surface area (Å²) in [6.07, 6.45) is 1.78. The zero-order valence-electron chi connectivity index (χ0n) is 9.68. The molecular weight excluding hydrogens is 214 g/mol. The third kappa shape index (κ3) is 2.69. The van der Waals surface area contributed by atoms with Gasteiger partial charge in [-0.3, -0.25) is 0 Å². The number of piperidine rings is 1. The fourth-order valence-corrected chi connectivity index (χ4v) is 3.26. The molecule has 15 heavy (non-hydrogen) atoms.